The van der Waals surface area contributed by atoms with Gasteiger partial charge in [-0.15, -0.1) is 0 Å². The van der Waals surface area contributed by atoms with Gasteiger partial charge in [0.25, 0.3) is 5.91 Å². The van der Waals surface area contributed by atoms with Gasteiger partial charge in [0.1, 0.15) is 24.0 Å². The topological polar surface area (TPSA) is 163 Å². The number of halogens is 2. The van der Waals surface area contributed by atoms with Gasteiger partial charge in [-0.3, -0.25) is 14.6 Å². The van der Waals surface area contributed by atoms with Crippen LogP contribution in [0.2, 0.25) is 0 Å². The van der Waals surface area contributed by atoms with Crippen molar-refractivity contribution in [3.05, 3.63) is 117 Å². The van der Waals surface area contributed by atoms with Crippen molar-refractivity contribution in [1.29, 1.82) is 0 Å². The predicted molar refractivity (Wildman–Crippen MR) is 174 cm³/mol. The fraction of sp³-hybridized carbons (Fsp3) is 0.265. The molecule has 48 heavy (non-hydrogen) atoms. The lowest BCUT2D eigenvalue weighted by Gasteiger charge is -2.19. The second-order valence-corrected chi connectivity index (χ2v) is 11.0. The number of alkyl carbamates (subject to hydrolysis) is 1. The highest BCUT2D eigenvalue weighted by molar-refractivity contribution is 5.98. The molecule has 14 heteroatoms. The summed E-state index contributed by atoms with van der Waals surface area (Å²) >= 11 is 0. The summed E-state index contributed by atoms with van der Waals surface area (Å²) in [4.78, 5) is 55.2. The second-order valence-electron chi connectivity index (χ2n) is 11.0. The number of ether oxygens (including phenoxy) is 1. The van der Waals surface area contributed by atoms with Gasteiger partial charge < -0.3 is 35.7 Å². The Kier molecular flexibility index (Phi) is 11.0. The molecule has 3 aromatic carbocycles. The second kappa shape index (κ2) is 15.7. The van der Waals surface area contributed by atoms with E-state index in [2.05, 4.69) is 26.3 Å². The first-order valence-corrected chi connectivity index (χ1v) is 15.3. The molecular weight excluding hydrogens is 626 g/mol. The average molecular weight is 661 g/mol. The van der Waals surface area contributed by atoms with Gasteiger partial charge in [0, 0.05) is 44.5 Å². The van der Waals surface area contributed by atoms with Gasteiger partial charge in [-0.25, -0.2) is 18.4 Å². The van der Waals surface area contributed by atoms with Crippen LogP contribution in [-0.4, -0.2) is 59.3 Å². The Morgan fingerprint density at radius 2 is 1.75 bits per heavy atom. The molecule has 4 aromatic rings. The number of aliphatic carboxylic acids is 1. The van der Waals surface area contributed by atoms with Crippen LogP contribution < -0.4 is 26.7 Å². The maximum atomic E-state index is 16.1. The van der Waals surface area contributed by atoms with Crippen LogP contribution in [0.4, 0.5) is 13.6 Å². The van der Waals surface area contributed by atoms with Crippen LogP contribution in [0.15, 0.2) is 82.7 Å². The number of pyridine rings is 1. The summed E-state index contributed by atoms with van der Waals surface area (Å²) < 4.78 is 37.9. The number of aryl methyl sites for hydroxylation is 2. The Bertz CT molecular complexity index is 1880. The smallest absolute Gasteiger partial charge is 0.408 e. The monoisotopic (exact) mass is 660 g/mol. The van der Waals surface area contributed by atoms with Crippen molar-refractivity contribution in [3.8, 4) is 0 Å². The normalized spacial score (nSPS) is 13.2. The molecule has 0 saturated heterocycles. The van der Waals surface area contributed by atoms with Crippen LogP contribution in [0, 0.1) is 11.6 Å². The Hall–Kier alpha value is -5.79. The summed E-state index contributed by atoms with van der Waals surface area (Å²) in [7, 11) is 0. The zero-order valence-corrected chi connectivity index (χ0v) is 25.8. The van der Waals surface area contributed by atoms with E-state index in [9.17, 15) is 24.3 Å². The summed E-state index contributed by atoms with van der Waals surface area (Å²) in [5.41, 5.74) is -0.323. The van der Waals surface area contributed by atoms with Gasteiger partial charge >= 0.3 is 12.1 Å². The number of amides is 2. The highest BCUT2D eigenvalue weighted by Crippen LogP contribution is 2.24. The lowest BCUT2D eigenvalue weighted by molar-refractivity contribution is -0.139. The zero-order chi connectivity index (χ0) is 34.0. The lowest BCUT2D eigenvalue weighted by Crippen LogP contribution is -2.49. The molecule has 250 valence electrons. The first-order valence-electron chi connectivity index (χ1n) is 15.3. The van der Waals surface area contributed by atoms with Crippen molar-refractivity contribution in [1.82, 2.24) is 25.8 Å². The molecule has 0 spiro atoms. The predicted octanol–water partition coefficient (Wildman–Crippen LogP) is 3.07. The Labute approximate surface area is 273 Å². The molecule has 5 rings (SSSR count). The Morgan fingerprint density at radius 3 is 2.42 bits per heavy atom. The van der Waals surface area contributed by atoms with Gasteiger partial charge in [-0.05, 0) is 30.0 Å². The van der Waals surface area contributed by atoms with Gasteiger partial charge in [0.05, 0.1) is 10.9 Å². The maximum absolute atomic E-state index is 16.1. The average Bonchev–Trinajstić information content (AvgIpc) is 3.10. The molecule has 2 heterocycles. The summed E-state index contributed by atoms with van der Waals surface area (Å²) in [5.74, 6) is -4.00. The molecule has 1 aromatic heterocycles. The van der Waals surface area contributed by atoms with E-state index in [1.165, 1.54) is 10.8 Å². The largest absolute Gasteiger partial charge is 0.480 e. The van der Waals surface area contributed by atoms with E-state index in [0.717, 1.165) is 18.1 Å². The fourth-order valence-electron chi connectivity index (χ4n) is 5.14. The molecule has 2 amide bonds. The van der Waals surface area contributed by atoms with Crippen LogP contribution in [0.1, 0.15) is 33.5 Å². The highest BCUT2D eigenvalue weighted by Gasteiger charge is 2.25. The molecule has 1 aliphatic rings. The van der Waals surface area contributed by atoms with Gasteiger partial charge in [0.2, 0.25) is 5.43 Å². The molecule has 1 unspecified atom stereocenters. The minimum Gasteiger partial charge on any atom is -0.480 e. The quantitative estimate of drug-likeness (QED) is 0.155. The van der Waals surface area contributed by atoms with E-state index in [1.54, 1.807) is 30.3 Å². The molecular formula is C34H34F2N6O6. The molecule has 0 aliphatic carbocycles. The Balaban J connectivity index is 1.39. The number of carboxylic acids is 1. The number of carbonyl (C=O) groups is 3. The fourth-order valence-corrected chi connectivity index (χ4v) is 5.14. The molecule has 0 fully saturated rings. The highest BCUT2D eigenvalue weighted by atomic mass is 19.1. The summed E-state index contributed by atoms with van der Waals surface area (Å²) in [5, 5.41) is 19.7. The number of fused-ring (bicyclic) bond motifs is 1. The van der Waals surface area contributed by atoms with Crippen molar-refractivity contribution >= 4 is 34.8 Å². The SMILES string of the molecule is O=C(NC(CNC(=O)c1cn(CCc2ccccc2)c2c(F)c(CNC3=NCCCN3)c(F)cc2c1=O)C(=O)O)OCc1ccccc1. The van der Waals surface area contributed by atoms with Crippen molar-refractivity contribution in [3.63, 3.8) is 0 Å². The number of hydrogen-bond acceptors (Lipinski definition) is 8. The van der Waals surface area contributed by atoms with E-state index in [4.69, 9.17) is 4.74 Å². The summed E-state index contributed by atoms with van der Waals surface area (Å²) in [6.45, 7) is 0.398. The third kappa shape index (κ3) is 8.32. The number of carboxylic acid groups (broad SMARTS) is 1. The first kappa shape index (κ1) is 33.6. The van der Waals surface area contributed by atoms with Gasteiger partial charge in [-0.1, -0.05) is 60.7 Å². The minimum atomic E-state index is -1.61. The van der Waals surface area contributed by atoms with Crippen LogP contribution in [0.25, 0.3) is 10.9 Å². The van der Waals surface area contributed by atoms with Crippen LogP contribution >= 0.6 is 0 Å². The Morgan fingerprint density at radius 1 is 1.04 bits per heavy atom. The standard InChI is InChI=1S/C34H34F2N6O6/c35-26-16-23-29(28(36)24(26)17-40-33-37-13-7-14-38-33)42(15-12-21-8-3-1-4-9-21)19-25(30(23)43)31(44)39-18-27(32(45)46)41-34(47)48-20-22-10-5-2-6-11-22/h1-6,8-11,16,19,27H,7,12-15,17-18,20H2,(H,39,44)(H,41,47)(H,45,46)(H2,37,38,40). The number of guanidine groups is 1. The number of aromatic nitrogens is 1. The molecule has 12 nitrogen and oxygen atoms in total. The number of hydrogen-bond donors (Lipinski definition) is 5. The van der Waals surface area contributed by atoms with Crippen LogP contribution in [0.3, 0.4) is 0 Å². The van der Waals surface area contributed by atoms with E-state index < -0.39 is 53.2 Å². The lowest BCUT2D eigenvalue weighted by atomic mass is 10.0. The van der Waals surface area contributed by atoms with Crippen molar-refractivity contribution in [2.75, 3.05) is 19.6 Å². The van der Waals surface area contributed by atoms with E-state index >= 15 is 8.78 Å². The maximum Gasteiger partial charge on any atom is 0.408 e. The number of nitrogens with zero attached hydrogens (tertiary/aromatic N) is 2. The van der Waals surface area contributed by atoms with E-state index in [0.29, 0.717) is 31.0 Å². The van der Waals surface area contributed by atoms with Gasteiger partial charge in [0.15, 0.2) is 11.8 Å². The number of benzene rings is 3. The molecule has 0 bridgehead atoms. The summed E-state index contributed by atoms with van der Waals surface area (Å²) in [6.07, 6.45) is 1.37. The molecule has 0 radical (unpaired) electrons. The van der Waals surface area contributed by atoms with Crippen molar-refractivity contribution < 1.29 is 33.0 Å². The number of aliphatic imine (C=N–C) groups is 1. The first-order chi connectivity index (χ1) is 23.2. The van der Waals surface area contributed by atoms with E-state index in [-0.39, 0.29) is 36.2 Å². The minimum absolute atomic E-state index is 0.110. The van der Waals surface area contributed by atoms with Crippen LogP contribution in [-0.2, 0) is 35.6 Å². The molecule has 1 atom stereocenters. The zero-order valence-electron chi connectivity index (χ0n) is 25.8. The van der Waals surface area contributed by atoms with Crippen molar-refractivity contribution in [2.45, 2.75) is 38.6 Å². The molecule has 5 N–H and O–H groups in total. The molecule has 0 saturated carbocycles. The number of carbonyl (C=O) groups excluding carboxylic acids is 2. The third-order valence-electron chi connectivity index (χ3n) is 7.68. The van der Waals surface area contributed by atoms with Gasteiger partial charge in [-0.2, -0.15) is 0 Å². The third-order valence-corrected chi connectivity index (χ3v) is 7.68. The van der Waals surface area contributed by atoms with E-state index in [1.807, 2.05) is 30.3 Å². The summed E-state index contributed by atoms with van der Waals surface area (Å²) in [6, 6.07) is 17.3. The van der Waals surface area contributed by atoms with Crippen LogP contribution in [0.5, 0.6) is 0 Å². The number of rotatable bonds is 12. The molecule has 1 aliphatic heterocycles. The number of nitrogens with one attached hydrogen (secondary N) is 4. The van der Waals surface area contributed by atoms with Crippen molar-refractivity contribution in [2.24, 2.45) is 4.99 Å².